The molecule has 1 unspecified atom stereocenters. The first-order valence-corrected chi connectivity index (χ1v) is 11.3. The van der Waals surface area contributed by atoms with Gasteiger partial charge in [0, 0.05) is 49.0 Å². The van der Waals surface area contributed by atoms with E-state index in [1.807, 2.05) is 37.2 Å². The lowest BCUT2D eigenvalue weighted by Gasteiger charge is -2.17. The Labute approximate surface area is 183 Å². The first kappa shape index (κ1) is 22.6. The predicted octanol–water partition coefficient (Wildman–Crippen LogP) is 3.93. The van der Waals surface area contributed by atoms with Crippen LogP contribution in [0, 0.1) is 5.92 Å². The van der Waals surface area contributed by atoms with Crippen LogP contribution in [0.15, 0.2) is 65.6 Å². The molecular weight excluding hydrogens is 414 g/mol. The molecule has 8 heteroatoms. The molecule has 1 amide bonds. The fraction of sp³-hybridized carbons (Fsp3) is 0.261. The molecule has 1 atom stereocenters. The number of anilines is 3. The molecule has 0 saturated carbocycles. The number of amides is 1. The van der Waals surface area contributed by atoms with Crippen molar-refractivity contribution in [3.63, 3.8) is 0 Å². The summed E-state index contributed by atoms with van der Waals surface area (Å²) in [5, 5.41) is 4.30. The van der Waals surface area contributed by atoms with E-state index in [9.17, 15) is 13.2 Å². The number of fused-ring (bicyclic) bond motifs is 1. The first-order valence-electron chi connectivity index (χ1n) is 9.84. The third-order valence-corrected chi connectivity index (χ3v) is 6.34. The zero-order valence-corrected chi connectivity index (χ0v) is 18.9. The quantitative estimate of drug-likeness (QED) is 0.553. The van der Waals surface area contributed by atoms with Crippen LogP contribution in [0.2, 0.25) is 0 Å². The van der Waals surface area contributed by atoms with Gasteiger partial charge in [-0.1, -0.05) is 31.2 Å². The predicted molar refractivity (Wildman–Crippen MR) is 125 cm³/mol. The Balaban J connectivity index is 1.83. The van der Waals surface area contributed by atoms with Crippen LogP contribution in [0.1, 0.15) is 6.92 Å². The molecule has 31 heavy (non-hydrogen) atoms. The number of carbonyl (C=O) groups is 1. The molecule has 0 radical (unpaired) electrons. The van der Waals surface area contributed by atoms with Gasteiger partial charge >= 0.3 is 0 Å². The van der Waals surface area contributed by atoms with Gasteiger partial charge in [-0.05, 0) is 36.4 Å². The van der Waals surface area contributed by atoms with Crippen molar-refractivity contribution in [1.82, 2.24) is 0 Å². The first-order chi connectivity index (χ1) is 14.7. The number of carbonyl (C=O) groups excluding carboxylic acids is 1. The monoisotopic (exact) mass is 441 g/mol. The van der Waals surface area contributed by atoms with Crippen LogP contribution in [-0.4, -0.2) is 42.1 Å². The summed E-state index contributed by atoms with van der Waals surface area (Å²) in [7, 11) is 1.57. The van der Waals surface area contributed by atoms with Gasteiger partial charge in [-0.3, -0.25) is 9.52 Å². The molecule has 0 aliphatic heterocycles. The lowest BCUT2D eigenvalue weighted by atomic mass is 10.1. The van der Waals surface area contributed by atoms with Crippen LogP contribution in [0.4, 0.5) is 17.1 Å². The van der Waals surface area contributed by atoms with Crippen molar-refractivity contribution in [3.8, 4) is 0 Å². The summed E-state index contributed by atoms with van der Waals surface area (Å²) >= 11 is 0. The number of rotatable bonds is 8. The number of methoxy groups -OCH3 is 1. The molecule has 164 valence electrons. The molecule has 0 bridgehead atoms. The Hall–Kier alpha value is -3.10. The molecule has 0 heterocycles. The summed E-state index contributed by atoms with van der Waals surface area (Å²) in [6.07, 6.45) is 0. The van der Waals surface area contributed by atoms with E-state index in [2.05, 4.69) is 10.0 Å². The molecule has 2 N–H and O–H groups in total. The molecule has 0 aliphatic carbocycles. The standard InChI is InChI=1S/C23H27N3O4S/c1-16(15-30-4)23(27)24-17-11-13-18(14-12-17)25-31(28,29)22-10-6-7-19-20(22)8-5-9-21(19)26(2)3/h5-14,16,25H,15H2,1-4H3,(H,24,27). The lowest BCUT2D eigenvalue weighted by molar-refractivity contribution is -0.120. The Kier molecular flexibility index (Phi) is 6.82. The number of ether oxygens (including phenoxy) is 1. The molecular formula is C23H27N3O4S. The average molecular weight is 442 g/mol. The second-order valence-corrected chi connectivity index (χ2v) is 9.20. The van der Waals surface area contributed by atoms with E-state index in [1.165, 1.54) is 0 Å². The lowest BCUT2D eigenvalue weighted by Crippen LogP contribution is -2.23. The van der Waals surface area contributed by atoms with Gasteiger partial charge in [0.25, 0.3) is 10.0 Å². The molecule has 0 saturated heterocycles. The van der Waals surface area contributed by atoms with Gasteiger partial charge in [0.2, 0.25) is 5.91 Å². The van der Waals surface area contributed by atoms with Gasteiger partial charge in [0.1, 0.15) is 0 Å². The van der Waals surface area contributed by atoms with Gasteiger partial charge in [-0.2, -0.15) is 0 Å². The fourth-order valence-electron chi connectivity index (χ4n) is 3.31. The topological polar surface area (TPSA) is 87.7 Å². The summed E-state index contributed by atoms with van der Waals surface area (Å²) in [4.78, 5) is 14.3. The summed E-state index contributed by atoms with van der Waals surface area (Å²) in [6, 6.07) is 17.4. The average Bonchev–Trinajstić information content (AvgIpc) is 2.74. The molecule has 3 rings (SSSR count). The number of benzene rings is 3. The highest BCUT2D eigenvalue weighted by atomic mass is 32.2. The van der Waals surface area contributed by atoms with Crippen LogP contribution >= 0.6 is 0 Å². The van der Waals surface area contributed by atoms with E-state index in [-0.39, 0.29) is 16.7 Å². The molecule has 3 aromatic rings. The minimum absolute atomic E-state index is 0.164. The number of nitrogens with zero attached hydrogens (tertiary/aromatic N) is 1. The Bertz CT molecular complexity index is 1180. The van der Waals surface area contributed by atoms with Crippen molar-refractivity contribution in [3.05, 3.63) is 60.7 Å². The molecule has 7 nitrogen and oxygen atoms in total. The molecule has 0 aromatic heterocycles. The van der Waals surface area contributed by atoms with Crippen molar-refractivity contribution >= 4 is 43.8 Å². The Morgan fingerprint density at radius 3 is 2.23 bits per heavy atom. The molecule has 3 aromatic carbocycles. The number of sulfonamides is 1. The minimum atomic E-state index is -3.81. The molecule has 0 spiro atoms. The van der Waals surface area contributed by atoms with Crippen molar-refractivity contribution < 1.29 is 17.9 Å². The number of hydrogen-bond acceptors (Lipinski definition) is 5. The zero-order chi connectivity index (χ0) is 22.6. The maximum atomic E-state index is 13.1. The van der Waals surface area contributed by atoms with Crippen molar-refractivity contribution in [1.29, 1.82) is 0 Å². The summed E-state index contributed by atoms with van der Waals surface area (Å²) in [6.45, 7) is 2.09. The summed E-state index contributed by atoms with van der Waals surface area (Å²) < 4.78 is 33.8. The van der Waals surface area contributed by atoms with E-state index < -0.39 is 10.0 Å². The van der Waals surface area contributed by atoms with Gasteiger partial charge < -0.3 is 15.0 Å². The molecule has 0 aliphatic rings. The van der Waals surface area contributed by atoms with E-state index in [4.69, 9.17) is 4.74 Å². The highest BCUT2D eigenvalue weighted by molar-refractivity contribution is 7.93. The second kappa shape index (κ2) is 9.36. The largest absolute Gasteiger partial charge is 0.384 e. The molecule has 0 fully saturated rings. The van der Waals surface area contributed by atoms with Gasteiger partial charge in [0.05, 0.1) is 17.4 Å². The van der Waals surface area contributed by atoms with Crippen molar-refractivity contribution in [2.24, 2.45) is 5.92 Å². The van der Waals surface area contributed by atoms with Crippen LogP contribution in [0.5, 0.6) is 0 Å². The van der Waals surface area contributed by atoms with Crippen molar-refractivity contribution in [2.45, 2.75) is 11.8 Å². The van der Waals surface area contributed by atoms with E-state index >= 15 is 0 Å². The van der Waals surface area contributed by atoms with Gasteiger partial charge in [-0.15, -0.1) is 0 Å². The highest BCUT2D eigenvalue weighted by Crippen LogP contribution is 2.31. The number of hydrogen-bond donors (Lipinski definition) is 2. The second-order valence-electron chi connectivity index (χ2n) is 7.55. The van der Waals surface area contributed by atoms with Crippen LogP contribution in [0.3, 0.4) is 0 Å². The fourth-order valence-corrected chi connectivity index (χ4v) is 4.59. The smallest absolute Gasteiger partial charge is 0.262 e. The van der Waals surface area contributed by atoms with Crippen molar-refractivity contribution in [2.75, 3.05) is 42.8 Å². The number of nitrogens with one attached hydrogen (secondary N) is 2. The van der Waals surface area contributed by atoms with Crippen LogP contribution in [0.25, 0.3) is 10.8 Å². The summed E-state index contributed by atoms with van der Waals surface area (Å²) in [5.74, 6) is -0.454. The van der Waals surface area contributed by atoms with Gasteiger partial charge in [-0.25, -0.2) is 8.42 Å². The van der Waals surface area contributed by atoms with Crippen LogP contribution in [-0.2, 0) is 19.6 Å². The zero-order valence-electron chi connectivity index (χ0n) is 18.0. The Morgan fingerprint density at radius 1 is 0.968 bits per heavy atom. The van der Waals surface area contributed by atoms with E-state index in [0.717, 1.165) is 11.1 Å². The highest BCUT2D eigenvalue weighted by Gasteiger charge is 2.19. The maximum Gasteiger partial charge on any atom is 0.262 e. The SMILES string of the molecule is COCC(C)C(=O)Nc1ccc(NS(=O)(=O)c2cccc3c(N(C)C)cccc23)cc1. The van der Waals surface area contributed by atoms with E-state index in [1.54, 1.807) is 56.5 Å². The van der Waals surface area contributed by atoms with Crippen LogP contribution < -0.4 is 14.9 Å². The Morgan fingerprint density at radius 2 is 1.58 bits per heavy atom. The third kappa shape index (κ3) is 5.15. The summed E-state index contributed by atoms with van der Waals surface area (Å²) in [5.41, 5.74) is 1.93. The maximum absolute atomic E-state index is 13.1. The van der Waals surface area contributed by atoms with E-state index in [0.29, 0.717) is 23.4 Å². The van der Waals surface area contributed by atoms with Gasteiger partial charge in [0.15, 0.2) is 0 Å². The minimum Gasteiger partial charge on any atom is -0.384 e. The normalized spacial score (nSPS) is 12.4. The third-order valence-electron chi connectivity index (χ3n) is 4.90.